The first-order valence-electron chi connectivity index (χ1n) is 7.77. The van der Waals surface area contributed by atoms with Crippen molar-refractivity contribution in [3.63, 3.8) is 0 Å². The second-order valence-corrected chi connectivity index (χ2v) is 6.64. The predicted octanol–water partition coefficient (Wildman–Crippen LogP) is 3.06. The Balaban J connectivity index is 1.61. The molecular weight excluding hydrogens is 322 g/mol. The van der Waals surface area contributed by atoms with Crippen LogP contribution in [0.3, 0.4) is 0 Å². The molecule has 0 aliphatic carbocycles. The Hall–Kier alpha value is -2.73. The summed E-state index contributed by atoms with van der Waals surface area (Å²) in [5.74, 6) is 0.625. The molecular formula is C18H15N3O2S. The molecule has 4 rings (SSSR count). The SMILES string of the molecule is O=C(/C=C\c1cccs1)Nc1ccc2nc3n(c(=O)c2c1)CCC3. The Morgan fingerprint density at radius 2 is 2.25 bits per heavy atom. The van der Waals surface area contributed by atoms with Crippen molar-refractivity contribution in [2.75, 3.05) is 5.32 Å². The normalized spacial score (nSPS) is 13.5. The minimum Gasteiger partial charge on any atom is -0.322 e. The van der Waals surface area contributed by atoms with Gasteiger partial charge in [-0.15, -0.1) is 11.3 Å². The lowest BCUT2D eigenvalue weighted by Gasteiger charge is -2.07. The van der Waals surface area contributed by atoms with Gasteiger partial charge < -0.3 is 5.32 Å². The van der Waals surface area contributed by atoms with Crippen LogP contribution in [0.1, 0.15) is 17.1 Å². The smallest absolute Gasteiger partial charge is 0.261 e. The van der Waals surface area contributed by atoms with Crippen molar-refractivity contribution < 1.29 is 4.79 Å². The number of amides is 1. The molecule has 0 saturated carbocycles. The van der Waals surface area contributed by atoms with Crippen LogP contribution in [0.25, 0.3) is 17.0 Å². The molecule has 1 aromatic carbocycles. The molecule has 1 aliphatic rings. The average molecular weight is 337 g/mol. The van der Waals surface area contributed by atoms with E-state index in [0.717, 1.165) is 30.1 Å². The number of carbonyl (C=O) groups is 1. The third-order valence-corrected chi connectivity index (χ3v) is 4.86. The van der Waals surface area contributed by atoms with E-state index in [4.69, 9.17) is 0 Å². The number of aromatic nitrogens is 2. The van der Waals surface area contributed by atoms with Crippen LogP contribution in [0.15, 0.2) is 46.6 Å². The number of benzene rings is 1. The summed E-state index contributed by atoms with van der Waals surface area (Å²) in [6.45, 7) is 0.719. The number of thiophene rings is 1. The van der Waals surface area contributed by atoms with Crippen molar-refractivity contribution in [3.8, 4) is 0 Å². The molecule has 0 bridgehead atoms. The molecule has 3 heterocycles. The Morgan fingerprint density at radius 3 is 3.08 bits per heavy atom. The van der Waals surface area contributed by atoms with Crippen LogP contribution in [0.5, 0.6) is 0 Å². The number of anilines is 1. The van der Waals surface area contributed by atoms with Crippen molar-refractivity contribution in [2.24, 2.45) is 0 Å². The highest BCUT2D eigenvalue weighted by Gasteiger charge is 2.16. The molecule has 0 fully saturated rings. The number of aryl methyl sites for hydroxylation is 1. The number of nitrogens with one attached hydrogen (secondary N) is 1. The zero-order valence-electron chi connectivity index (χ0n) is 12.9. The topological polar surface area (TPSA) is 64.0 Å². The van der Waals surface area contributed by atoms with Crippen molar-refractivity contribution in [1.29, 1.82) is 0 Å². The van der Waals surface area contributed by atoms with Gasteiger partial charge >= 0.3 is 0 Å². The lowest BCUT2D eigenvalue weighted by molar-refractivity contribution is -0.111. The third-order valence-electron chi connectivity index (χ3n) is 4.02. The van der Waals surface area contributed by atoms with Gasteiger partial charge in [0.2, 0.25) is 5.91 Å². The molecule has 120 valence electrons. The molecule has 0 spiro atoms. The molecule has 0 unspecified atom stereocenters. The lowest BCUT2D eigenvalue weighted by atomic mass is 10.2. The van der Waals surface area contributed by atoms with Crippen molar-refractivity contribution >= 4 is 39.9 Å². The van der Waals surface area contributed by atoms with E-state index < -0.39 is 0 Å². The summed E-state index contributed by atoms with van der Waals surface area (Å²) in [5.41, 5.74) is 1.25. The maximum absolute atomic E-state index is 12.5. The molecule has 0 atom stereocenters. The zero-order valence-corrected chi connectivity index (χ0v) is 13.7. The van der Waals surface area contributed by atoms with Gasteiger partial charge in [-0.1, -0.05) is 6.07 Å². The molecule has 1 aliphatic heterocycles. The second-order valence-electron chi connectivity index (χ2n) is 5.66. The van der Waals surface area contributed by atoms with E-state index in [-0.39, 0.29) is 11.5 Å². The van der Waals surface area contributed by atoms with Gasteiger partial charge in [0.1, 0.15) is 5.82 Å². The van der Waals surface area contributed by atoms with Gasteiger partial charge in [0, 0.05) is 29.6 Å². The van der Waals surface area contributed by atoms with E-state index in [2.05, 4.69) is 10.3 Å². The molecule has 3 aromatic rings. The number of nitrogens with zero attached hydrogens (tertiary/aromatic N) is 2. The van der Waals surface area contributed by atoms with E-state index in [1.807, 2.05) is 17.5 Å². The first kappa shape index (κ1) is 14.8. The highest BCUT2D eigenvalue weighted by atomic mass is 32.1. The highest BCUT2D eigenvalue weighted by Crippen LogP contribution is 2.18. The van der Waals surface area contributed by atoms with Crippen LogP contribution < -0.4 is 10.9 Å². The largest absolute Gasteiger partial charge is 0.322 e. The van der Waals surface area contributed by atoms with Gasteiger partial charge in [-0.25, -0.2) is 4.98 Å². The van der Waals surface area contributed by atoms with Crippen molar-refractivity contribution in [1.82, 2.24) is 9.55 Å². The Kier molecular flexibility index (Phi) is 3.74. The first-order chi connectivity index (χ1) is 11.7. The number of rotatable bonds is 3. The van der Waals surface area contributed by atoms with E-state index in [9.17, 15) is 9.59 Å². The maximum atomic E-state index is 12.5. The maximum Gasteiger partial charge on any atom is 0.261 e. The lowest BCUT2D eigenvalue weighted by Crippen LogP contribution is -2.21. The van der Waals surface area contributed by atoms with Crippen LogP contribution in [-0.4, -0.2) is 15.5 Å². The molecule has 5 nitrogen and oxygen atoms in total. The summed E-state index contributed by atoms with van der Waals surface area (Å²) in [5, 5.41) is 5.29. The van der Waals surface area contributed by atoms with Crippen LogP contribution in [-0.2, 0) is 17.8 Å². The van der Waals surface area contributed by atoms with E-state index in [1.165, 1.54) is 6.08 Å². The van der Waals surface area contributed by atoms with Gasteiger partial charge in [-0.05, 0) is 42.1 Å². The van der Waals surface area contributed by atoms with Crippen LogP contribution in [0.2, 0.25) is 0 Å². The van der Waals surface area contributed by atoms with Gasteiger partial charge in [-0.3, -0.25) is 14.2 Å². The molecule has 1 N–H and O–H groups in total. The summed E-state index contributed by atoms with van der Waals surface area (Å²) in [4.78, 5) is 30.1. The molecule has 24 heavy (non-hydrogen) atoms. The van der Waals surface area contributed by atoms with E-state index >= 15 is 0 Å². The minimum atomic E-state index is -0.225. The number of hydrogen-bond acceptors (Lipinski definition) is 4. The fourth-order valence-corrected chi connectivity index (χ4v) is 3.51. The fraction of sp³-hybridized carbons (Fsp3) is 0.167. The van der Waals surface area contributed by atoms with Gasteiger partial charge in [-0.2, -0.15) is 0 Å². The molecule has 6 heteroatoms. The van der Waals surface area contributed by atoms with E-state index in [0.29, 0.717) is 16.6 Å². The summed E-state index contributed by atoms with van der Waals surface area (Å²) < 4.78 is 1.73. The van der Waals surface area contributed by atoms with Crippen LogP contribution in [0, 0.1) is 0 Å². The van der Waals surface area contributed by atoms with Crippen molar-refractivity contribution in [3.05, 3.63) is 62.8 Å². The van der Waals surface area contributed by atoms with Crippen LogP contribution >= 0.6 is 11.3 Å². The number of fused-ring (bicyclic) bond motifs is 2. The fourth-order valence-electron chi connectivity index (χ4n) is 2.89. The highest BCUT2D eigenvalue weighted by molar-refractivity contribution is 7.10. The number of carbonyl (C=O) groups excluding carboxylic acids is 1. The zero-order chi connectivity index (χ0) is 16.5. The average Bonchev–Trinajstić information content (AvgIpc) is 3.25. The quantitative estimate of drug-likeness (QED) is 0.747. The summed E-state index contributed by atoms with van der Waals surface area (Å²) in [6, 6.07) is 9.14. The van der Waals surface area contributed by atoms with Crippen LogP contribution in [0.4, 0.5) is 5.69 Å². The van der Waals surface area contributed by atoms with Crippen molar-refractivity contribution in [2.45, 2.75) is 19.4 Å². The summed E-state index contributed by atoms with van der Waals surface area (Å²) in [7, 11) is 0. The van der Waals surface area contributed by atoms with Gasteiger partial charge in [0.15, 0.2) is 0 Å². The molecule has 0 saturated heterocycles. The molecule has 1 amide bonds. The summed E-state index contributed by atoms with van der Waals surface area (Å²) >= 11 is 1.57. The first-order valence-corrected chi connectivity index (χ1v) is 8.65. The number of hydrogen-bond donors (Lipinski definition) is 1. The Labute approximate surface area is 142 Å². The van der Waals surface area contributed by atoms with E-state index in [1.54, 1.807) is 40.2 Å². The molecule has 2 aromatic heterocycles. The molecule has 0 radical (unpaired) electrons. The van der Waals surface area contributed by atoms with Gasteiger partial charge in [0.05, 0.1) is 10.9 Å². The summed E-state index contributed by atoms with van der Waals surface area (Å²) in [6.07, 6.45) is 5.06. The predicted molar refractivity (Wildman–Crippen MR) is 96.3 cm³/mol. The Morgan fingerprint density at radius 1 is 1.33 bits per heavy atom. The third kappa shape index (κ3) is 2.76. The minimum absolute atomic E-state index is 0.0299. The standard InChI is InChI=1S/C18H15N3O2S/c22-17(8-6-13-3-2-10-24-13)19-12-5-7-15-14(11-12)18(23)21-9-1-4-16(21)20-15/h2-3,5-8,10-11H,1,4,9H2,(H,19,22)/b8-6-. The van der Waals surface area contributed by atoms with Gasteiger partial charge in [0.25, 0.3) is 5.56 Å². The second kappa shape index (κ2) is 6.05. The Bertz CT molecular complexity index is 1000. The monoisotopic (exact) mass is 337 g/mol.